The fourth-order valence-corrected chi connectivity index (χ4v) is 0.430. The quantitative estimate of drug-likeness (QED) is 0.559. The molecule has 0 atom stereocenters. The minimum atomic E-state index is 0. The van der Waals surface area contributed by atoms with E-state index in [4.69, 9.17) is 0 Å². The van der Waals surface area contributed by atoms with Gasteiger partial charge in [0, 0.05) is 24.8 Å². The number of rotatable bonds is 0. The van der Waals surface area contributed by atoms with Gasteiger partial charge in [0.05, 0.1) is 0 Å². The van der Waals surface area contributed by atoms with Crippen LogP contribution in [0.25, 0.3) is 0 Å². The zero-order valence-corrected chi connectivity index (χ0v) is 5.86. The summed E-state index contributed by atoms with van der Waals surface area (Å²) in [6.07, 6.45) is 6.92. The molecule has 0 aliphatic heterocycles. The topological polar surface area (TPSA) is 88.9 Å². The van der Waals surface area contributed by atoms with E-state index in [9.17, 15) is 0 Å². The number of nitrogens with one attached hydrogen (secondary N) is 2. The van der Waals surface area contributed by atoms with Gasteiger partial charge >= 0.3 is 0 Å². The maximum Gasteiger partial charge on any atom is 0.0487 e. The van der Waals surface area contributed by atoms with E-state index in [1.54, 1.807) is 24.8 Å². The van der Waals surface area contributed by atoms with Gasteiger partial charge in [0.1, 0.15) is 0 Å². The Kier molecular flexibility index (Phi) is 5.54. The van der Waals surface area contributed by atoms with E-state index in [1.807, 2.05) is 12.1 Å². The summed E-state index contributed by atoms with van der Waals surface area (Å²) < 4.78 is 0. The third-order valence-corrected chi connectivity index (χ3v) is 0.812. The number of hydrogen-bond acceptors (Lipinski definition) is 2. The van der Waals surface area contributed by atoms with Crippen molar-refractivity contribution in [3.8, 4) is 0 Å². The molecule has 0 fully saturated rings. The minimum absolute atomic E-state index is 0. The number of nitrogens with zero attached hydrogens (tertiary/aromatic N) is 2. The van der Waals surface area contributed by atoms with Crippen molar-refractivity contribution in [3.63, 3.8) is 0 Å². The van der Waals surface area contributed by atoms with Crippen molar-refractivity contribution in [2.75, 3.05) is 0 Å². The fourth-order valence-electron chi connectivity index (χ4n) is 0.430. The fraction of sp³-hybridized carbons (Fsp3) is 0. The van der Waals surface area contributed by atoms with Gasteiger partial charge in [-0.2, -0.15) is 10.2 Å². The van der Waals surface area contributed by atoms with Crippen LogP contribution in [0.1, 0.15) is 0 Å². The molecule has 0 bridgehead atoms. The summed E-state index contributed by atoms with van der Waals surface area (Å²) in [4.78, 5) is 0. The molecule has 0 aliphatic carbocycles. The van der Waals surface area contributed by atoms with Crippen molar-refractivity contribution < 1.29 is 5.48 Å². The van der Waals surface area contributed by atoms with E-state index < -0.39 is 0 Å². The SMILES string of the molecule is O.c1cn[nH]c1.c1cn[nH]c1. The molecule has 5 heteroatoms. The van der Waals surface area contributed by atoms with Gasteiger partial charge in [-0.15, -0.1) is 0 Å². The maximum absolute atomic E-state index is 3.60. The summed E-state index contributed by atoms with van der Waals surface area (Å²) in [6.45, 7) is 0. The van der Waals surface area contributed by atoms with Crippen molar-refractivity contribution in [3.05, 3.63) is 36.9 Å². The van der Waals surface area contributed by atoms with Gasteiger partial charge in [-0.1, -0.05) is 0 Å². The third-order valence-electron chi connectivity index (χ3n) is 0.812. The molecule has 0 saturated heterocycles. The Morgan fingerprint density at radius 1 is 0.818 bits per heavy atom. The number of hydrogen-bond donors (Lipinski definition) is 2. The molecule has 0 saturated carbocycles. The van der Waals surface area contributed by atoms with Crippen molar-refractivity contribution in [1.82, 2.24) is 20.4 Å². The molecule has 0 aromatic carbocycles. The highest BCUT2D eigenvalue weighted by Crippen LogP contribution is 1.65. The first-order chi connectivity index (χ1) is 5.00. The van der Waals surface area contributed by atoms with Gasteiger partial charge in [0.2, 0.25) is 0 Å². The molecule has 11 heavy (non-hydrogen) atoms. The lowest BCUT2D eigenvalue weighted by Crippen LogP contribution is -1.53. The smallest absolute Gasteiger partial charge is 0.0487 e. The summed E-state index contributed by atoms with van der Waals surface area (Å²) in [6, 6.07) is 3.67. The monoisotopic (exact) mass is 154 g/mol. The second kappa shape index (κ2) is 6.50. The molecule has 2 rings (SSSR count). The Hall–Kier alpha value is -1.62. The number of H-pyrrole nitrogens is 2. The zero-order valence-electron chi connectivity index (χ0n) is 5.86. The second-order valence-electron chi connectivity index (χ2n) is 1.53. The van der Waals surface area contributed by atoms with E-state index in [0.717, 1.165) is 0 Å². The summed E-state index contributed by atoms with van der Waals surface area (Å²) in [5.41, 5.74) is 0. The first kappa shape index (κ1) is 9.38. The summed E-state index contributed by atoms with van der Waals surface area (Å²) >= 11 is 0. The molecule has 0 unspecified atom stereocenters. The molecule has 0 amide bonds. The zero-order chi connectivity index (χ0) is 7.07. The highest BCUT2D eigenvalue weighted by molar-refractivity contribution is 4.72. The summed E-state index contributed by atoms with van der Waals surface area (Å²) in [5, 5.41) is 12.4. The van der Waals surface area contributed by atoms with Crippen molar-refractivity contribution in [2.24, 2.45) is 0 Å². The Labute approximate surface area is 63.8 Å². The van der Waals surface area contributed by atoms with Crippen LogP contribution in [0.3, 0.4) is 0 Å². The average Bonchev–Trinajstić information content (AvgIpc) is 2.67. The molecule has 0 spiro atoms. The highest BCUT2D eigenvalue weighted by atomic mass is 16.0. The standard InChI is InChI=1S/2C3H4N2.H2O/c2*1-2-4-5-3-1;/h2*1-3H,(H,4,5);1H2. The molecular formula is C6H10N4O. The summed E-state index contributed by atoms with van der Waals surface area (Å²) in [7, 11) is 0. The first-order valence-corrected chi connectivity index (χ1v) is 2.87. The Bertz CT molecular complexity index is 154. The lowest BCUT2D eigenvalue weighted by molar-refractivity contribution is 0.824. The Morgan fingerprint density at radius 3 is 1.36 bits per heavy atom. The van der Waals surface area contributed by atoms with E-state index in [2.05, 4.69) is 20.4 Å². The maximum atomic E-state index is 3.60. The van der Waals surface area contributed by atoms with Gasteiger partial charge < -0.3 is 5.48 Å². The van der Waals surface area contributed by atoms with Crippen LogP contribution in [0, 0.1) is 0 Å². The molecule has 4 N–H and O–H groups in total. The first-order valence-electron chi connectivity index (χ1n) is 2.87. The van der Waals surface area contributed by atoms with Gasteiger partial charge in [-0.25, -0.2) is 0 Å². The van der Waals surface area contributed by atoms with Crippen LogP contribution in [-0.2, 0) is 0 Å². The van der Waals surface area contributed by atoms with Gasteiger partial charge in [0.25, 0.3) is 0 Å². The van der Waals surface area contributed by atoms with E-state index in [-0.39, 0.29) is 5.48 Å². The molecule has 2 heterocycles. The third kappa shape index (κ3) is 4.86. The second-order valence-corrected chi connectivity index (χ2v) is 1.53. The average molecular weight is 154 g/mol. The van der Waals surface area contributed by atoms with Crippen LogP contribution in [0.4, 0.5) is 0 Å². The van der Waals surface area contributed by atoms with Crippen molar-refractivity contribution >= 4 is 0 Å². The lowest BCUT2D eigenvalue weighted by Gasteiger charge is -1.49. The van der Waals surface area contributed by atoms with E-state index in [1.165, 1.54) is 0 Å². The van der Waals surface area contributed by atoms with Gasteiger partial charge in [-0.3, -0.25) is 10.2 Å². The summed E-state index contributed by atoms with van der Waals surface area (Å²) in [5.74, 6) is 0. The molecule has 60 valence electrons. The van der Waals surface area contributed by atoms with Crippen LogP contribution in [0.5, 0.6) is 0 Å². The normalized spacial score (nSPS) is 7.27. The Morgan fingerprint density at radius 2 is 1.27 bits per heavy atom. The van der Waals surface area contributed by atoms with Crippen molar-refractivity contribution in [1.29, 1.82) is 0 Å². The molecule has 0 aliphatic rings. The highest BCUT2D eigenvalue weighted by Gasteiger charge is 1.57. The lowest BCUT2D eigenvalue weighted by atomic mass is 10.8. The molecule has 0 radical (unpaired) electrons. The van der Waals surface area contributed by atoms with Crippen LogP contribution in [0.2, 0.25) is 0 Å². The number of aromatic amines is 2. The molecule has 5 nitrogen and oxygen atoms in total. The number of aromatic nitrogens is 4. The largest absolute Gasteiger partial charge is 0.412 e. The van der Waals surface area contributed by atoms with Gasteiger partial charge in [-0.05, 0) is 12.1 Å². The molecule has 2 aromatic heterocycles. The van der Waals surface area contributed by atoms with Crippen LogP contribution >= 0.6 is 0 Å². The molecule has 2 aromatic rings. The Balaban J connectivity index is 0.000000167. The van der Waals surface area contributed by atoms with Gasteiger partial charge in [0.15, 0.2) is 0 Å². The van der Waals surface area contributed by atoms with Crippen molar-refractivity contribution in [2.45, 2.75) is 0 Å². The van der Waals surface area contributed by atoms with E-state index in [0.29, 0.717) is 0 Å². The predicted molar refractivity (Wildman–Crippen MR) is 40.8 cm³/mol. The van der Waals surface area contributed by atoms with Crippen LogP contribution < -0.4 is 0 Å². The minimum Gasteiger partial charge on any atom is -0.412 e. The predicted octanol–water partition coefficient (Wildman–Crippen LogP) is -0.00530. The molecular weight excluding hydrogens is 144 g/mol. The van der Waals surface area contributed by atoms with E-state index >= 15 is 0 Å². The van der Waals surface area contributed by atoms with Crippen LogP contribution in [-0.4, -0.2) is 25.9 Å². The van der Waals surface area contributed by atoms with Crippen LogP contribution in [0.15, 0.2) is 36.9 Å².